The van der Waals surface area contributed by atoms with E-state index in [1.165, 1.54) is 0 Å². The Balaban J connectivity index is 0.00000128. The summed E-state index contributed by atoms with van der Waals surface area (Å²) in [7, 11) is 0. The molecule has 0 aliphatic carbocycles. The molecule has 2 aromatic carbocycles. The van der Waals surface area contributed by atoms with Crippen LogP contribution in [-0.2, 0) is 6.61 Å². The van der Waals surface area contributed by atoms with E-state index >= 15 is 0 Å². The number of hydrogen-bond acceptors (Lipinski definition) is 1. The fourth-order valence-electron chi connectivity index (χ4n) is 1.25. The molecule has 0 aromatic heterocycles. The second-order valence-corrected chi connectivity index (χ2v) is 3.60. The minimum absolute atomic E-state index is 0. The molecule has 84 valence electrons. The molecular weight excluding hydrogens is 267 g/mol. The molecule has 2 rings (SSSR count). The van der Waals surface area contributed by atoms with E-state index in [0.29, 0.717) is 11.6 Å². The van der Waals surface area contributed by atoms with Crippen LogP contribution in [0, 0.1) is 6.07 Å². The Morgan fingerprint density at radius 3 is 2.47 bits per heavy atom. The van der Waals surface area contributed by atoms with Gasteiger partial charge in [-0.25, -0.2) is 0 Å². The third-order valence-electron chi connectivity index (χ3n) is 1.98. The zero-order valence-corrected chi connectivity index (χ0v) is 12.1. The standard InChI is InChI=1S/C13H10ClO.ClH.Mg/c14-12-7-4-8-13(9-12)15-10-11-5-2-1-3-6-11;;/h1-3,5-9H,10H2;1H;/q-1;;+2/p-1. The van der Waals surface area contributed by atoms with E-state index < -0.39 is 0 Å². The number of rotatable bonds is 3. The molecule has 4 heteroatoms. The number of benzene rings is 2. The molecule has 0 spiro atoms. The maximum Gasteiger partial charge on any atom is 2.00 e. The van der Waals surface area contributed by atoms with Gasteiger partial charge in [0, 0.05) is 5.75 Å². The Labute approximate surface area is 129 Å². The minimum Gasteiger partial charge on any atom is -1.00 e. The van der Waals surface area contributed by atoms with E-state index in [-0.39, 0.29) is 35.5 Å². The molecule has 0 bridgehead atoms. The summed E-state index contributed by atoms with van der Waals surface area (Å²) in [6.07, 6.45) is 0. The zero-order chi connectivity index (χ0) is 10.5. The Bertz CT molecular complexity index is 434. The van der Waals surface area contributed by atoms with Crippen LogP contribution in [0.25, 0.3) is 0 Å². The van der Waals surface area contributed by atoms with Crippen molar-refractivity contribution in [2.45, 2.75) is 6.61 Å². The minimum atomic E-state index is 0. The van der Waals surface area contributed by atoms with Crippen molar-refractivity contribution in [3.8, 4) is 5.75 Å². The molecule has 2 aromatic rings. The molecule has 17 heavy (non-hydrogen) atoms. The summed E-state index contributed by atoms with van der Waals surface area (Å²) in [6, 6.07) is 18.2. The van der Waals surface area contributed by atoms with E-state index in [4.69, 9.17) is 16.3 Å². The van der Waals surface area contributed by atoms with E-state index in [0.717, 1.165) is 11.3 Å². The van der Waals surface area contributed by atoms with Crippen LogP contribution in [0.4, 0.5) is 0 Å². The van der Waals surface area contributed by atoms with Crippen molar-refractivity contribution in [3.05, 3.63) is 65.2 Å². The van der Waals surface area contributed by atoms with Crippen LogP contribution in [0.3, 0.4) is 0 Å². The third-order valence-corrected chi connectivity index (χ3v) is 2.19. The molecule has 0 N–H and O–H groups in total. The van der Waals surface area contributed by atoms with Gasteiger partial charge in [0.2, 0.25) is 0 Å². The second-order valence-electron chi connectivity index (χ2n) is 3.16. The Morgan fingerprint density at radius 1 is 1.12 bits per heavy atom. The van der Waals surface area contributed by atoms with Gasteiger partial charge in [0.1, 0.15) is 0 Å². The van der Waals surface area contributed by atoms with Crippen molar-refractivity contribution in [2.24, 2.45) is 0 Å². The van der Waals surface area contributed by atoms with Crippen molar-refractivity contribution in [3.63, 3.8) is 0 Å². The van der Waals surface area contributed by atoms with Gasteiger partial charge < -0.3 is 17.1 Å². The fourth-order valence-corrected chi connectivity index (χ4v) is 1.42. The van der Waals surface area contributed by atoms with Gasteiger partial charge in [-0.15, -0.1) is 12.1 Å². The fraction of sp³-hybridized carbons (Fsp3) is 0.0769. The maximum absolute atomic E-state index is 5.82. The SMILES string of the molecule is Clc1c[c-]cc(OCc2ccccc2)c1.[Cl-].[Mg+2]. The first kappa shape index (κ1) is 16.6. The van der Waals surface area contributed by atoms with Gasteiger partial charge in [-0.1, -0.05) is 35.4 Å². The third kappa shape index (κ3) is 5.64. The van der Waals surface area contributed by atoms with E-state index in [9.17, 15) is 0 Å². The Kier molecular flexibility index (Phi) is 8.43. The van der Waals surface area contributed by atoms with Crippen LogP contribution in [0.1, 0.15) is 5.56 Å². The summed E-state index contributed by atoms with van der Waals surface area (Å²) < 4.78 is 5.56. The first-order valence-corrected chi connectivity index (χ1v) is 5.06. The first-order chi connectivity index (χ1) is 7.34. The van der Waals surface area contributed by atoms with Crippen molar-refractivity contribution in [1.29, 1.82) is 0 Å². The quantitative estimate of drug-likeness (QED) is 0.581. The van der Waals surface area contributed by atoms with Crippen molar-refractivity contribution in [2.75, 3.05) is 0 Å². The smallest absolute Gasteiger partial charge is 1.00 e. The van der Waals surface area contributed by atoms with Gasteiger partial charge >= 0.3 is 23.1 Å². The number of ether oxygens (including phenoxy) is 1. The molecule has 0 aliphatic rings. The summed E-state index contributed by atoms with van der Waals surface area (Å²) in [5, 5.41) is 0.639. The predicted octanol–water partition coefficient (Wildman–Crippen LogP) is 0.342. The second kappa shape index (κ2) is 8.64. The molecule has 0 atom stereocenters. The van der Waals surface area contributed by atoms with E-state index in [2.05, 4.69) is 6.07 Å². The normalized spacial score (nSPS) is 8.76. The monoisotopic (exact) mass is 276 g/mol. The van der Waals surface area contributed by atoms with Gasteiger partial charge in [0.25, 0.3) is 0 Å². The Hall–Kier alpha value is -0.414. The largest absolute Gasteiger partial charge is 2.00 e. The van der Waals surface area contributed by atoms with Crippen molar-refractivity contribution in [1.82, 2.24) is 0 Å². The first-order valence-electron chi connectivity index (χ1n) is 4.68. The zero-order valence-electron chi connectivity index (χ0n) is 9.20. The van der Waals surface area contributed by atoms with Gasteiger partial charge in [0.15, 0.2) is 0 Å². The number of hydrogen-bond donors (Lipinski definition) is 0. The molecule has 0 fully saturated rings. The molecule has 0 radical (unpaired) electrons. The molecule has 1 nitrogen and oxygen atoms in total. The average Bonchev–Trinajstić information content (AvgIpc) is 2.28. The van der Waals surface area contributed by atoms with Crippen LogP contribution in [0.15, 0.2) is 48.5 Å². The van der Waals surface area contributed by atoms with Gasteiger partial charge in [-0.3, -0.25) is 0 Å². The summed E-state index contributed by atoms with van der Waals surface area (Å²) in [5.41, 5.74) is 1.14. The molecule has 0 heterocycles. The van der Waals surface area contributed by atoms with E-state index in [1.54, 1.807) is 18.2 Å². The van der Waals surface area contributed by atoms with Gasteiger partial charge in [-0.2, -0.15) is 23.7 Å². The molecule has 0 saturated carbocycles. The Morgan fingerprint density at radius 2 is 1.82 bits per heavy atom. The molecule has 0 amide bonds. The molecule has 0 saturated heterocycles. The topological polar surface area (TPSA) is 9.23 Å². The van der Waals surface area contributed by atoms with Gasteiger partial charge in [0.05, 0.1) is 6.61 Å². The summed E-state index contributed by atoms with van der Waals surface area (Å²) >= 11 is 5.82. The summed E-state index contributed by atoms with van der Waals surface area (Å²) in [6.45, 7) is 0.551. The van der Waals surface area contributed by atoms with E-state index in [1.807, 2.05) is 30.3 Å². The van der Waals surface area contributed by atoms with Crippen molar-refractivity contribution < 1.29 is 17.1 Å². The van der Waals surface area contributed by atoms with Crippen LogP contribution in [-0.4, -0.2) is 23.1 Å². The van der Waals surface area contributed by atoms with Crippen molar-refractivity contribution >= 4 is 34.7 Å². The summed E-state index contributed by atoms with van der Waals surface area (Å²) in [4.78, 5) is 0. The van der Waals surface area contributed by atoms with Crippen LogP contribution in [0.2, 0.25) is 5.02 Å². The summed E-state index contributed by atoms with van der Waals surface area (Å²) in [5.74, 6) is 0.742. The van der Waals surface area contributed by atoms with Crippen LogP contribution < -0.4 is 17.1 Å². The van der Waals surface area contributed by atoms with Crippen LogP contribution in [0.5, 0.6) is 5.75 Å². The predicted molar refractivity (Wildman–Crippen MR) is 66.8 cm³/mol. The molecule has 0 aliphatic heterocycles. The van der Waals surface area contributed by atoms with Gasteiger partial charge in [-0.05, 0) is 5.56 Å². The molecule has 0 unspecified atom stereocenters. The molecular formula is C13H10Cl2MgO. The van der Waals surface area contributed by atoms with Crippen LogP contribution >= 0.6 is 11.6 Å². The number of halogens is 2. The maximum atomic E-state index is 5.82. The average molecular weight is 277 g/mol.